The van der Waals surface area contributed by atoms with Gasteiger partial charge in [-0.3, -0.25) is 4.79 Å². The number of hydrogen-bond donors (Lipinski definition) is 1. The molecule has 0 atom stereocenters. The molecule has 0 bridgehead atoms. The monoisotopic (exact) mass is 412 g/mol. The summed E-state index contributed by atoms with van der Waals surface area (Å²) in [5.74, 6) is 0.130. The fourth-order valence-corrected chi connectivity index (χ4v) is 3.84. The Morgan fingerprint density at radius 1 is 0.960 bits per heavy atom. The maximum absolute atomic E-state index is 12.7. The summed E-state index contributed by atoms with van der Waals surface area (Å²) in [5.41, 5.74) is 4.54. The summed E-state index contributed by atoms with van der Waals surface area (Å²) in [6, 6.07) is 16.7. The van der Waals surface area contributed by atoms with Crippen LogP contribution in [0.15, 0.2) is 48.5 Å². The van der Waals surface area contributed by atoms with Crippen molar-refractivity contribution in [1.82, 2.24) is 0 Å². The van der Waals surface area contributed by atoms with Gasteiger partial charge in [-0.05, 0) is 25.0 Å². The number of hydrogen-bond acceptors (Lipinski definition) is 1. The SMILES string of the molecule is Cc1cccc(C)c1NC(=O)C[N+]1(Cc2ccccc2)CCCC1.[Y]. The average Bonchev–Trinajstić information content (AvgIpc) is 3.00. The largest absolute Gasteiger partial charge is 0.321 e. The molecule has 1 heterocycles. The Morgan fingerprint density at radius 3 is 2.16 bits per heavy atom. The summed E-state index contributed by atoms with van der Waals surface area (Å²) in [4.78, 5) is 12.7. The number of benzene rings is 2. The molecule has 3 nitrogen and oxygen atoms in total. The fraction of sp³-hybridized carbons (Fsp3) is 0.381. The molecule has 0 aliphatic carbocycles. The van der Waals surface area contributed by atoms with Crippen LogP contribution in [-0.4, -0.2) is 30.0 Å². The van der Waals surface area contributed by atoms with Crippen molar-refractivity contribution < 1.29 is 42.0 Å². The van der Waals surface area contributed by atoms with Crippen LogP contribution in [0.1, 0.15) is 29.5 Å². The second-order valence-corrected chi connectivity index (χ2v) is 7.11. The van der Waals surface area contributed by atoms with Gasteiger partial charge in [0.25, 0.3) is 5.91 Å². The Bertz CT molecular complexity index is 689. The molecule has 1 aliphatic rings. The first-order chi connectivity index (χ1) is 11.6. The average molecular weight is 412 g/mol. The van der Waals surface area contributed by atoms with Crippen LogP contribution in [0, 0.1) is 13.8 Å². The first-order valence-electron chi connectivity index (χ1n) is 8.83. The number of carbonyl (C=O) groups excluding carboxylic acids is 1. The molecular weight excluding hydrogens is 385 g/mol. The minimum absolute atomic E-state index is 0. The van der Waals surface area contributed by atoms with Crippen LogP contribution in [0.4, 0.5) is 5.69 Å². The van der Waals surface area contributed by atoms with E-state index in [0.717, 1.165) is 40.9 Å². The van der Waals surface area contributed by atoms with Crippen LogP contribution in [0.3, 0.4) is 0 Å². The summed E-state index contributed by atoms with van der Waals surface area (Å²) < 4.78 is 0.876. The van der Waals surface area contributed by atoms with E-state index in [4.69, 9.17) is 0 Å². The number of nitrogens with zero attached hydrogens (tertiary/aromatic N) is 1. The normalized spacial score (nSPS) is 15.4. The maximum atomic E-state index is 12.7. The van der Waals surface area contributed by atoms with Gasteiger partial charge in [-0.1, -0.05) is 48.5 Å². The summed E-state index contributed by atoms with van der Waals surface area (Å²) >= 11 is 0. The smallest absolute Gasteiger partial charge is 0.279 e. The number of anilines is 1. The molecule has 1 amide bonds. The van der Waals surface area contributed by atoms with Crippen molar-refractivity contribution in [2.45, 2.75) is 33.2 Å². The minimum Gasteiger partial charge on any atom is -0.321 e. The molecule has 1 fully saturated rings. The van der Waals surface area contributed by atoms with E-state index in [0.29, 0.717) is 6.54 Å². The number of quaternary nitrogens is 1. The topological polar surface area (TPSA) is 29.1 Å². The Labute approximate surface area is 176 Å². The van der Waals surface area contributed by atoms with Gasteiger partial charge in [-0.25, -0.2) is 0 Å². The number of likely N-dealkylation sites (tertiary alicyclic amines) is 1. The van der Waals surface area contributed by atoms with Crippen molar-refractivity contribution in [1.29, 1.82) is 0 Å². The first-order valence-corrected chi connectivity index (χ1v) is 8.83. The van der Waals surface area contributed by atoms with E-state index in [-0.39, 0.29) is 38.6 Å². The number of nitrogens with one attached hydrogen (secondary N) is 1. The zero-order valence-corrected chi connectivity index (χ0v) is 18.1. The van der Waals surface area contributed by atoms with Crippen LogP contribution in [0.25, 0.3) is 0 Å². The Morgan fingerprint density at radius 2 is 1.56 bits per heavy atom. The van der Waals surface area contributed by atoms with Gasteiger partial charge in [-0.2, -0.15) is 0 Å². The second-order valence-electron chi connectivity index (χ2n) is 7.11. The third-order valence-electron chi connectivity index (χ3n) is 5.10. The fourth-order valence-electron chi connectivity index (χ4n) is 3.84. The first kappa shape index (κ1) is 20.3. The Kier molecular flexibility index (Phi) is 7.36. The van der Waals surface area contributed by atoms with Gasteiger partial charge in [0.15, 0.2) is 6.54 Å². The van der Waals surface area contributed by atoms with E-state index in [1.165, 1.54) is 18.4 Å². The third-order valence-corrected chi connectivity index (χ3v) is 5.10. The van der Waals surface area contributed by atoms with Crippen molar-refractivity contribution in [3.63, 3.8) is 0 Å². The van der Waals surface area contributed by atoms with Crippen LogP contribution >= 0.6 is 0 Å². The van der Waals surface area contributed by atoms with Crippen LogP contribution in [0.5, 0.6) is 0 Å². The van der Waals surface area contributed by atoms with E-state index in [9.17, 15) is 4.79 Å². The van der Waals surface area contributed by atoms with E-state index in [2.05, 4.69) is 29.6 Å². The van der Waals surface area contributed by atoms with Gasteiger partial charge in [0.05, 0.1) is 13.1 Å². The maximum Gasteiger partial charge on any atom is 0.279 e. The molecule has 0 saturated carbocycles. The van der Waals surface area contributed by atoms with Crippen LogP contribution in [-0.2, 0) is 44.0 Å². The van der Waals surface area contributed by atoms with Gasteiger partial charge in [0.1, 0.15) is 6.54 Å². The molecule has 3 rings (SSSR count). The van der Waals surface area contributed by atoms with Gasteiger partial charge >= 0.3 is 0 Å². The number of aryl methyl sites for hydroxylation is 2. The summed E-state index contributed by atoms with van der Waals surface area (Å²) in [6.45, 7) is 7.79. The molecule has 2 aromatic carbocycles. The summed E-state index contributed by atoms with van der Waals surface area (Å²) in [6.07, 6.45) is 2.42. The van der Waals surface area contributed by atoms with Gasteiger partial charge in [-0.15, -0.1) is 0 Å². The van der Waals surface area contributed by atoms with E-state index in [1.807, 2.05) is 38.1 Å². The van der Waals surface area contributed by atoms with Gasteiger partial charge in [0.2, 0.25) is 0 Å². The molecule has 2 aromatic rings. The molecule has 1 saturated heterocycles. The molecule has 4 heteroatoms. The van der Waals surface area contributed by atoms with E-state index < -0.39 is 0 Å². The van der Waals surface area contributed by atoms with Crippen molar-refractivity contribution in [3.8, 4) is 0 Å². The van der Waals surface area contributed by atoms with Gasteiger partial charge < -0.3 is 9.80 Å². The Balaban J connectivity index is 0.00000225. The zero-order chi connectivity index (χ0) is 17.0. The Hall–Kier alpha value is -1.03. The zero-order valence-electron chi connectivity index (χ0n) is 15.3. The minimum atomic E-state index is 0. The van der Waals surface area contributed by atoms with Crippen molar-refractivity contribution in [3.05, 3.63) is 65.2 Å². The predicted molar refractivity (Wildman–Crippen MR) is 98.8 cm³/mol. The molecule has 1 aliphatic heterocycles. The molecule has 25 heavy (non-hydrogen) atoms. The molecule has 0 unspecified atom stereocenters. The molecule has 1 radical (unpaired) electrons. The van der Waals surface area contributed by atoms with Crippen molar-refractivity contribution >= 4 is 11.6 Å². The quantitative estimate of drug-likeness (QED) is 0.738. The third kappa shape index (κ3) is 5.23. The van der Waals surface area contributed by atoms with Crippen LogP contribution in [0.2, 0.25) is 0 Å². The number of rotatable bonds is 5. The molecule has 0 aromatic heterocycles. The molecule has 129 valence electrons. The number of amides is 1. The molecular formula is C21H27N2OY+. The molecule has 0 spiro atoms. The second kappa shape index (κ2) is 9.07. The summed E-state index contributed by atoms with van der Waals surface area (Å²) in [7, 11) is 0. The predicted octanol–water partition coefficient (Wildman–Crippen LogP) is 4.05. The van der Waals surface area contributed by atoms with Gasteiger partial charge in [0, 0.05) is 56.8 Å². The summed E-state index contributed by atoms with van der Waals surface area (Å²) in [5, 5.41) is 3.16. The molecule has 1 N–H and O–H groups in total. The number of para-hydroxylation sites is 1. The van der Waals surface area contributed by atoms with E-state index in [1.54, 1.807) is 0 Å². The standard InChI is InChI=1S/C21H26N2O.Y/c1-17-9-8-10-18(2)21(17)22-20(24)16-23(13-6-7-14-23)15-19-11-4-3-5-12-19;/h3-5,8-12H,6-7,13-16H2,1-2H3;/p+1. The van der Waals surface area contributed by atoms with Crippen molar-refractivity contribution in [2.24, 2.45) is 0 Å². The van der Waals surface area contributed by atoms with Crippen molar-refractivity contribution in [2.75, 3.05) is 25.0 Å². The van der Waals surface area contributed by atoms with E-state index >= 15 is 0 Å². The number of carbonyl (C=O) groups is 1. The van der Waals surface area contributed by atoms with Crippen LogP contribution < -0.4 is 5.32 Å².